The number of para-hydroxylation sites is 2. The number of nitrogens with zero attached hydrogens (tertiary/aromatic N) is 4. The quantitative estimate of drug-likeness (QED) is 0.436. The summed E-state index contributed by atoms with van der Waals surface area (Å²) in [6.45, 7) is 8.59. The van der Waals surface area contributed by atoms with Crippen molar-refractivity contribution < 1.29 is 4.57 Å². The monoisotopic (exact) mass is 463 g/mol. The van der Waals surface area contributed by atoms with Crippen molar-refractivity contribution in [1.29, 1.82) is 0 Å². The number of rotatable bonds is 4. The van der Waals surface area contributed by atoms with Crippen LogP contribution in [-0.4, -0.2) is 16.2 Å². The van der Waals surface area contributed by atoms with Crippen LogP contribution in [0.1, 0.15) is 25.8 Å². The first-order valence-electron chi connectivity index (χ1n) is 11.1. The lowest BCUT2D eigenvalue weighted by Gasteiger charge is -2.13. The van der Waals surface area contributed by atoms with Crippen molar-refractivity contribution in [2.24, 2.45) is 0 Å². The van der Waals surface area contributed by atoms with Gasteiger partial charge in [-0.15, -0.1) is 0 Å². The van der Waals surface area contributed by atoms with Gasteiger partial charge in [0.25, 0.3) is 10.6 Å². The molecule has 0 unspecified atom stereocenters. The highest BCUT2D eigenvalue weighted by Gasteiger charge is 2.26. The number of aryl methyl sites for hydroxylation is 1. The molecule has 5 nitrogen and oxygen atoms in total. The van der Waals surface area contributed by atoms with Gasteiger partial charge in [-0.05, 0) is 39.0 Å². The molecular weight excluding hydrogens is 436 g/mol. The molecule has 1 aliphatic rings. The van der Waals surface area contributed by atoms with E-state index in [1.807, 2.05) is 17.6 Å². The summed E-state index contributed by atoms with van der Waals surface area (Å²) in [5.74, 6) is 0. The third-order valence-corrected chi connectivity index (χ3v) is 8.39. The summed E-state index contributed by atoms with van der Waals surface area (Å²) >= 11 is 3.46. The SMILES string of the molecule is CCn1c(=O)/c(=C2\Sc3ccccc3N2C)n(CC)/c1=C\c1sc2ccccc2[n+]1CC. The molecule has 7 heteroatoms. The molecule has 0 atom stereocenters. The zero-order valence-electron chi connectivity index (χ0n) is 18.8. The van der Waals surface area contributed by atoms with Crippen molar-refractivity contribution >= 4 is 50.1 Å². The summed E-state index contributed by atoms with van der Waals surface area (Å²) in [5, 5.41) is 2.93. The summed E-state index contributed by atoms with van der Waals surface area (Å²) in [5.41, 5.74) is 3.42. The minimum atomic E-state index is 0.0758. The minimum Gasteiger partial charge on any atom is -0.336 e. The van der Waals surface area contributed by atoms with E-state index < -0.39 is 0 Å². The van der Waals surface area contributed by atoms with Gasteiger partial charge in [-0.25, -0.2) is 0 Å². The lowest BCUT2D eigenvalue weighted by atomic mass is 10.3. The number of fused-ring (bicyclic) bond motifs is 2. The number of anilines is 1. The van der Waals surface area contributed by atoms with Crippen LogP contribution in [0.3, 0.4) is 0 Å². The van der Waals surface area contributed by atoms with E-state index in [4.69, 9.17) is 0 Å². The average Bonchev–Trinajstić information content (AvgIpc) is 3.42. The summed E-state index contributed by atoms with van der Waals surface area (Å²) in [6, 6.07) is 16.8. The van der Waals surface area contributed by atoms with Crippen LogP contribution < -0.4 is 25.9 Å². The number of hydrogen-bond donors (Lipinski definition) is 0. The van der Waals surface area contributed by atoms with Crippen molar-refractivity contribution in [3.63, 3.8) is 0 Å². The molecule has 0 N–H and O–H groups in total. The Kier molecular flexibility index (Phi) is 5.47. The number of aromatic nitrogens is 3. The highest BCUT2D eigenvalue weighted by atomic mass is 32.2. The lowest BCUT2D eigenvalue weighted by molar-refractivity contribution is -0.665. The minimum absolute atomic E-state index is 0.0758. The summed E-state index contributed by atoms with van der Waals surface area (Å²) < 4.78 is 7.68. The van der Waals surface area contributed by atoms with Crippen molar-refractivity contribution in [2.45, 2.75) is 45.3 Å². The van der Waals surface area contributed by atoms with Crippen LogP contribution in [0.2, 0.25) is 0 Å². The maximum atomic E-state index is 13.7. The molecular formula is C25H27N4OS2+. The van der Waals surface area contributed by atoms with Crippen LogP contribution in [-0.2, 0) is 19.6 Å². The molecule has 0 fully saturated rings. The Hall–Kier alpha value is -2.77. The van der Waals surface area contributed by atoms with Gasteiger partial charge in [0.2, 0.25) is 5.52 Å². The van der Waals surface area contributed by atoms with Crippen LogP contribution in [0.5, 0.6) is 0 Å². The Morgan fingerprint density at radius 2 is 1.69 bits per heavy atom. The molecule has 0 amide bonds. The van der Waals surface area contributed by atoms with Crippen molar-refractivity contribution in [1.82, 2.24) is 9.13 Å². The van der Waals surface area contributed by atoms with E-state index in [0.29, 0.717) is 6.54 Å². The summed E-state index contributed by atoms with van der Waals surface area (Å²) in [6.07, 6.45) is 2.19. The van der Waals surface area contributed by atoms with E-state index in [0.717, 1.165) is 39.6 Å². The molecule has 164 valence electrons. The normalized spacial score (nSPS) is 15.8. The molecule has 0 saturated carbocycles. The van der Waals surface area contributed by atoms with E-state index in [1.165, 1.54) is 15.1 Å². The van der Waals surface area contributed by atoms with E-state index in [9.17, 15) is 4.79 Å². The lowest BCUT2D eigenvalue weighted by Crippen LogP contribution is -2.37. The molecule has 0 spiro atoms. The van der Waals surface area contributed by atoms with Gasteiger partial charge in [-0.1, -0.05) is 47.4 Å². The molecule has 3 heterocycles. The standard InChI is InChI=1S/C25H27N4OS2/c1-5-27-18-13-9-11-15-20(18)31-22(27)16-21-28(6-2)23(24(30)29(21)7-3)25-26(4)17-12-8-10-14-19(17)32-25/h8-16H,5-7H2,1-4H3/q+1/b25-23+. The zero-order valence-corrected chi connectivity index (χ0v) is 20.5. The second-order valence-electron chi connectivity index (χ2n) is 7.73. The third-order valence-electron chi connectivity index (χ3n) is 6.05. The maximum absolute atomic E-state index is 13.7. The molecule has 0 aliphatic carbocycles. The van der Waals surface area contributed by atoms with Gasteiger partial charge in [0, 0.05) is 31.1 Å². The Morgan fingerprint density at radius 3 is 2.41 bits per heavy atom. The molecule has 32 heavy (non-hydrogen) atoms. The van der Waals surface area contributed by atoms with Gasteiger partial charge in [0.05, 0.1) is 11.8 Å². The second-order valence-corrected chi connectivity index (χ2v) is 9.82. The summed E-state index contributed by atoms with van der Waals surface area (Å²) in [7, 11) is 2.05. The number of hydrogen-bond acceptors (Lipinski definition) is 4. The predicted octanol–water partition coefficient (Wildman–Crippen LogP) is 3.35. The van der Waals surface area contributed by atoms with Crippen LogP contribution in [0.15, 0.2) is 58.2 Å². The maximum Gasteiger partial charge on any atom is 0.278 e. The van der Waals surface area contributed by atoms with Gasteiger partial charge in [-0.2, -0.15) is 4.57 Å². The first-order chi connectivity index (χ1) is 15.6. The largest absolute Gasteiger partial charge is 0.336 e. The Balaban J connectivity index is 1.83. The fourth-order valence-corrected chi connectivity index (χ4v) is 6.85. The van der Waals surface area contributed by atoms with Gasteiger partial charge in [0.1, 0.15) is 27.1 Å². The molecule has 5 rings (SSSR count). The number of thiazole rings is 1. The highest BCUT2D eigenvalue weighted by Crippen LogP contribution is 2.44. The van der Waals surface area contributed by atoms with E-state index in [-0.39, 0.29) is 5.56 Å². The van der Waals surface area contributed by atoms with Crippen molar-refractivity contribution in [2.75, 3.05) is 11.9 Å². The van der Waals surface area contributed by atoms with Crippen molar-refractivity contribution in [3.8, 4) is 0 Å². The van der Waals surface area contributed by atoms with Crippen LogP contribution >= 0.6 is 23.1 Å². The highest BCUT2D eigenvalue weighted by molar-refractivity contribution is 8.08. The zero-order chi connectivity index (χ0) is 22.4. The second kappa shape index (κ2) is 8.30. The number of imidazole rings is 1. The molecule has 0 radical (unpaired) electrons. The Bertz CT molecular complexity index is 1510. The molecule has 0 saturated heterocycles. The first kappa shape index (κ1) is 21.1. The van der Waals surface area contributed by atoms with Gasteiger partial charge >= 0.3 is 0 Å². The Labute approximate surface area is 195 Å². The molecule has 1 aliphatic heterocycles. The van der Waals surface area contributed by atoms with E-state index in [2.05, 4.69) is 83.5 Å². The fraction of sp³-hybridized carbons (Fsp3) is 0.280. The Morgan fingerprint density at radius 1 is 0.969 bits per heavy atom. The predicted molar refractivity (Wildman–Crippen MR) is 135 cm³/mol. The fourth-order valence-electron chi connectivity index (χ4n) is 4.50. The van der Waals surface area contributed by atoms with E-state index in [1.54, 1.807) is 23.1 Å². The van der Waals surface area contributed by atoms with Crippen LogP contribution in [0.25, 0.3) is 21.3 Å². The van der Waals surface area contributed by atoms with Crippen molar-refractivity contribution in [3.05, 3.63) is 74.7 Å². The van der Waals surface area contributed by atoms with Gasteiger partial charge in [0.15, 0.2) is 0 Å². The topological polar surface area (TPSA) is 34.1 Å². The van der Waals surface area contributed by atoms with E-state index >= 15 is 0 Å². The average molecular weight is 464 g/mol. The van der Waals surface area contributed by atoms with Gasteiger partial charge in [-0.3, -0.25) is 9.36 Å². The molecule has 2 aromatic carbocycles. The third kappa shape index (κ3) is 3.14. The number of benzene rings is 2. The van der Waals surface area contributed by atoms with Gasteiger partial charge < -0.3 is 9.47 Å². The number of thioether (sulfide) groups is 1. The van der Waals surface area contributed by atoms with Crippen LogP contribution in [0, 0.1) is 0 Å². The molecule has 2 aromatic heterocycles. The molecule has 0 bridgehead atoms. The first-order valence-corrected chi connectivity index (χ1v) is 12.7. The van der Waals surface area contributed by atoms with Crippen LogP contribution in [0.4, 0.5) is 5.69 Å². The smallest absolute Gasteiger partial charge is 0.278 e. The summed E-state index contributed by atoms with van der Waals surface area (Å²) in [4.78, 5) is 17.0. The molecule has 4 aromatic rings.